The van der Waals surface area contributed by atoms with Crippen molar-refractivity contribution in [1.82, 2.24) is 10.6 Å². The van der Waals surface area contributed by atoms with Crippen molar-refractivity contribution < 1.29 is 24.2 Å². The number of aryl methyl sites for hydroxylation is 1. The summed E-state index contributed by atoms with van der Waals surface area (Å²) in [4.78, 5) is 36.1. The molecule has 7 nitrogen and oxygen atoms in total. The van der Waals surface area contributed by atoms with Crippen LogP contribution in [0.2, 0.25) is 5.02 Å². The van der Waals surface area contributed by atoms with Gasteiger partial charge in [0.25, 0.3) is 11.8 Å². The van der Waals surface area contributed by atoms with Crippen LogP contribution >= 0.6 is 11.6 Å². The van der Waals surface area contributed by atoms with Gasteiger partial charge in [0.15, 0.2) is 0 Å². The van der Waals surface area contributed by atoms with E-state index in [0.29, 0.717) is 66.6 Å². The predicted octanol–water partition coefficient (Wildman–Crippen LogP) is 4.71. The summed E-state index contributed by atoms with van der Waals surface area (Å²) in [6, 6.07) is 10.7. The van der Waals surface area contributed by atoms with Crippen LogP contribution in [-0.4, -0.2) is 42.1 Å². The predicted molar refractivity (Wildman–Crippen MR) is 133 cm³/mol. The quantitative estimate of drug-likeness (QED) is 0.434. The van der Waals surface area contributed by atoms with Crippen LogP contribution < -0.4 is 15.4 Å². The molecule has 2 aromatic rings. The highest BCUT2D eigenvalue weighted by atomic mass is 35.5. The highest BCUT2D eigenvalue weighted by Crippen LogP contribution is 2.43. The second-order valence-electron chi connectivity index (χ2n) is 9.43. The van der Waals surface area contributed by atoms with Gasteiger partial charge in [-0.1, -0.05) is 17.7 Å². The Morgan fingerprint density at radius 2 is 1.63 bits per heavy atom. The van der Waals surface area contributed by atoms with Gasteiger partial charge in [0.05, 0.1) is 12.0 Å². The number of carbonyl (C=O) groups excluding carboxylic acids is 2. The summed E-state index contributed by atoms with van der Waals surface area (Å²) in [5, 5.41) is 15.4. The number of carbonyl (C=O) groups is 3. The van der Waals surface area contributed by atoms with Crippen molar-refractivity contribution in [2.75, 3.05) is 13.1 Å². The van der Waals surface area contributed by atoms with Gasteiger partial charge >= 0.3 is 5.97 Å². The van der Waals surface area contributed by atoms with E-state index in [2.05, 4.69) is 10.6 Å². The maximum absolute atomic E-state index is 12.6. The van der Waals surface area contributed by atoms with Crippen molar-refractivity contribution in [2.24, 2.45) is 5.92 Å². The summed E-state index contributed by atoms with van der Waals surface area (Å²) in [6.07, 6.45) is 4.95. The van der Waals surface area contributed by atoms with Crippen LogP contribution in [0.3, 0.4) is 0 Å². The molecule has 2 fully saturated rings. The topological polar surface area (TPSA) is 105 Å². The number of nitrogens with one attached hydrogen (secondary N) is 2. The maximum atomic E-state index is 12.6. The number of amides is 2. The fourth-order valence-corrected chi connectivity index (χ4v) is 4.86. The number of hydrogen-bond donors (Lipinski definition) is 3. The smallest absolute Gasteiger partial charge is 0.306 e. The summed E-state index contributed by atoms with van der Waals surface area (Å²) in [7, 11) is 0. The van der Waals surface area contributed by atoms with E-state index < -0.39 is 5.97 Å². The summed E-state index contributed by atoms with van der Waals surface area (Å²) in [5.41, 5.74) is 2.94. The van der Waals surface area contributed by atoms with E-state index in [-0.39, 0.29) is 23.8 Å². The molecule has 2 amide bonds. The number of halogens is 1. The van der Waals surface area contributed by atoms with Gasteiger partial charge in [-0.2, -0.15) is 0 Å². The van der Waals surface area contributed by atoms with Crippen LogP contribution in [0.4, 0.5) is 0 Å². The SMILES string of the molecule is Cc1cc(O[C@H]2CC[C@@H](C(=O)O)CC2)ccc1C(=O)NCCNC(=O)c1ccc(C2CC2)c(Cl)c1. The van der Waals surface area contributed by atoms with Crippen LogP contribution in [0, 0.1) is 12.8 Å². The molecule has 2 aliphatic carbocycles. The lowest BCUT2D eigenvalue weighted by atomic mass is 9.87. The van der Waals surface area contributed by atoms with Crippen LogP contribution in [0.25, 0.3) is 0 Å². The molecule has 2 aromatic carbocycles. The Hall–Kier alpha value is -3.06. The molecule has 0 aliphatic heterocycles. The number of hydrogen-bond acceptors (Lipinski definition) is 4. The van der Waals surface area contributed by atoms with Gasteiger partial charge in [-0.25, -0.2) is 0 Å². The van der Waals surface area contributed by atoms with Crippen molar-refractivity contribution in [1.29, 1.82) is 0 Å². The minimum absolute atomic E-state index is 0.00641. The van der Waals surface area contributed by atoms with Gasteiger partial charge in [-0.05, 0) is 92.8 Å². The summed E-state index contributed by atoms with van der Waals surface area (Å²) in [6.45, 7) is 2.44. The Morgan fingerprint density at radius 1 is 0.943 bits per heavy atom. The molecule has 8 heteroatoms. The average Bonchev–Trinajstić information content (AvgIpc) is 3.67. The van der Waals surface area contributed by atoms with E-state index in [9.17, 15) is 14.4 Å². The number of carboxylic acids is 1. The van der Waals surface area contributed by atoms with Crippen molar-refractivity contribution in [2.45, 2.75) is 57.5 Å². The number of aliphatic carboxylic acids is 1. The van der Waals surface area contributed by atoms with Crippen molar-refractivity contribution in [3.8, 4) is 5.75 Å². The first kappa shape index (κ1) is 25.0. The summed E-state index contributed by atoms with van der Waals surface area (Å²) >= 11 is 6.31. The molecular formula is C27H31ClN2O5. The van der Waals surface area contributed by atoms with Crippen LogP contribution in [-0.2, 0) is 4.79 Å². The third-order valence-corrected chi connectivity index (χ3v) is 7.07. The van der Waals surface area contributed by atoms with Crippen molar-refractivity contribution in [3.05, 3.63) is 63.7 Å². The van der Waals surface area contributed by atoms with Crippen LogP contribution in [0.5, 0.6) is 5.75 Å². The molecule has 0 bridgehead atoms. The zero-order chi connectivity index (χ0) is 24.9. The van der Waals surface area contributed by atoms with Crippen LogP contribution in [0.1, 0.15) is 76.3 Å². The fourth-order valence-electron chi connectivity index (χ4n) is 4.53. The second-order valence-corrected chi connectivity index (χ2v) is 9.84. The molecule has 0 atom stereocenters. The summed E-state index contributed by atoms with van der Waals surface area (Å²) < 4.78 is 6.02. The van der Waals surface area contributed by atoms with E-state index in [4.69, 9.17) is 21.4 Å². The Labute approximate surface area is 210 Å². The lowest BCUT2D eigenvalue weighted by Gasteiger charge is -2.27. The fraction of sp³-hybridized carbons (Fsp3) is 0.444. The van der Waals surface area contributed by atoms with E-state index in [1.165, 1.54) is 0 Å². The molecule has 2 aliphatic rings. The molecule has 186 valence electrons. The normalized spacial score (nSPS) is 19.6. The zero-order valence-corrected chi connectivity index (χ0v) is 20.6. The first-order chi connectivity index (χ1) is 16.8. The molecule has 0 heterocycles. The van der Waals surface area contributed by atoms with Crippen molar-refractivity contribution >= 4 is 29.4 Å². The van der Waals surface area contributed by atoms with E-state index in [1.54, 1.807) is 24.3 Å². The minimum atomic E-state index is -0.735. The molecular weight excluding hydrogens is 468 g/mol. The Morgan fingerprint density at radius 3 is 2.23 bits per heavy atom. The standard InChI is InChI=1S/C27H31ClN2O5/c1-16-14-21(35-20-7-4-18(5-8-20)27(33)34)9-11-22(16)26(32)30-13-12-29-25(31)19-6-10-23(17-2-3-17)24(28)15-19/h6,9-11,14-15,17-18,20H,2-5,7-8,12-13H2,1H3,(H,29,31)(H,30,32)(H,33,34)/t18-,20+. The number of ether oxygens (including phenoxy) is 1. The van der Waals surface area contributed by atoms with Gasteiger partial charge in [0.2, 0.25) is 0 Å². The largest absolute Gasteiger partial charge is 0.490 e. The molecule has 0 spiro atoms. The second kappa shape index (κ2) is 11.1. The minimum Gasteiger partial charge on any atom is -0.490 e. The number of carboxylic acid groups (broad SMARTS) is 1. The van der Waals surface area contributed by atoms with Gasteiger partial charge in [0.1, 0.15) is 5.75 Å². The third kappa shape index (κ3) is 6.54. The molecule has 35 heavy (non-hydrogen) atoms. The highest BCUT2D eigenvalue weighted by Gasteiger charge is 2.27. The van der Waals surface area contributed by atoms with Crippen molar-refractivity contribution in [3.63, 3.8) is 0 Å². The van der Waals surface area contributed by atoms with Gasteiger partial charge < -0.3 is 20.5 Å². The number of benzene rings is 2. The monoisotopic (exact) mass is 498 g/mol. The summed E-state index contributed by atoms with van der Waals surface area (Å²) in [5.74, 6) is -0.255. The highest BCUT2D eigenvalue weighted by molar-refractivity contribution is 6.31. The lowest BCUT2D eigenvalue weighted by molar-refractivity contribution is -0.143. The Kier molecular flexibility index (Phi) is 7.96. The molecule has 4 rings (SSSR count). The first-order valence-electron chi connectivity index (χ1n) is 12.2. The molecule has 2 saturated carbocycles. The molecule has 0 aromatic heterocycles. The Bertz CT molecular complexity index is 1110. The third-order valence-electron chi connectivity index (χ3n) is 6.74. The zero-order valence-electron chi connectivity index (χ0n) is 19.8. The number of rotatable bonds is 9. The molecule has 3 N–H and O–H groups in total. The lowest BCUT2D eigenvalue weighted by Crippen LogP contribution is -2.35. The molecule has 0 saturated heterocycles. The maximum Gasteiger partial charge on any atom is 0.306 e. The first-order valence-corrected chi connectivity index (χ1v) is 12.6. The van der Waals surface area contributed by atoms with Gasteiger partial charge in [-0.3, -0.25) is 14.4 Å². The molecule has 0 unspecified atom stereocenters. The van der Waals surface area contributed by atoms with E-state index in [0.717, 1.165) is 24.0 Å². The van der Waals surface area contributed by atoms with E-state index >= 15 is 0 Å². The molecule has 0 radical (unpaired) electrons. The van der Waals surface area contributed by atoms with Gasteiger partial charge in [0, 0.05) is 29.2 Å². The Balaban J connectivity index is 1.21. The van der Waals surface area contributed by atoms with E-state index in [1.807, 2.05) is 19.1 Å². The van der Waals surface area contributed by atoms with Gasteiger partial charge in [-0.15, -0.1) is 0 Å². The van der Waals surface area contributed by atoms with Crippen LogP contribution in [0.15, 0.2) is 36.4 Å². The average molecular weight is 499 g/mol.